The summed E-state index contributed by atoms with van der Waals surface area (Å²) in [5, 5.41) is 12.9. The predicted molar refractivity (Wildman–Crippen MR) is 97.3 cm³/mol. The van der Waals surface area contributed by atoms with E-state index in [0.717, 1.165) is 28.4 Å². The standard InChI is InChI=1S/C20H22N2OS/c23-17-4-2-1-3-16(17)11-21-19-22-18(12-24-19)20-8-13-5-14(9-20)7-15(6-13)10-20/h1-4,11-15,23H,5-10H2/b21-11+. The van der Waals surface area contributed by atoms with Crippen molar-refractivity contribution in [2.75, 3.05) is 0 Å². The van der Waals surface area contributed by atoms with E-state index in [4.69, 9.17) is 4.98 Å². The van der Waals surface area contributed by atoms with Gasteiger partial charge >= 0.3 is 0 Å². The van der Waals surface area contributed by atoms with Crippen molar-refractivity contribution in [3.05, 3.63) is 40.9 Å². The molecule has 0 amide bonds. The Morgan fingerprint density at radius 3 is 2.42 bits per heavy atom. The highest BCUT2D eigenvalue weighted by molar-refractivity contribution is 7.13. The van der Waals surface area contributed by atoms with Crippen LogP contribution >= 0.6 is 11.3 Å². The number of hydrogen-bond acceptors (Lipinski definition) is 4. The van der Waals surface area contributed by atoms with E-state index in [1.165, 1.54) is 44.2 Å². The van der Waals surface area contributed by atoms with Gasteiger partial charge in [-0.25, -0.2) is 9.98 Å². The van der Waals surface area contributed by atoms with Crippen LogP contribution in [0.2, 0.25) is 0 Å². The average Bonchev–Trinajstić information content (AvgIpc) is 3.03. The van der Waals surface area contributed by atoms with Crippen LogP contribution in [-0.2, 0) is 5.41 Å². The molecule has 0 radical (unpaired) electrons. The highest BCUT2D eigenvalue weighted by Gasteiger charge is 2.52. The van der Waals surface area contributed by atoms with Gasteiger partial charge in [-0.1, -0.05) is 12.1 Å². The second-order valence-corrected chi connectivity index (χ2v) is 8.87. The molecule has 6 rings (SSSR count). The van der Waals surface area contributed by atoms with E-state index in [1.807, 2.05) is 18.2 Å². The van der Waals surface area contributed by atoms with Crippen molar-refractivity contribution in [3.63, 3.8) is 0 Å². The molecule has 4 aliphatic carbocycles. The van der Waals surface area contributed by atoms with Crippen molar-refractivity contribution < 1.29 is 5.11 Å². The third kappa shape index (κ3) is 2.39. The first-order valence-corrected chi connectivity index (χ1v) is 9.86. The number of phenolic OH excluding ortho intramolecular Hbond substituents is 1. The van der Waals surface area contributed by atoms with Crippen LogP contribution in [0.5, 0.6) is 5.75 Å². The minimum Gasteiger partial charge on any atom is -0.507 e. The molecule has 4 saturated carbocycles. The largest absolute Gasteiger partial charge is 0.507 e. The van der Waals surface area contributed by atoms with E-state index in [-0.39, 0.29) is 5.75 Å². The maximum absolute atomic E-state index is 9.84. The van der Waals surface area contributed by atoms with Crippen LogP contribution in [0, 0.1) is 17.8 Å². The minimum absolute atomic E-state index is 0.263. The molecule has 1 aromatic carbocycles. The van der Waals surface area contributed by atoms with E-state index in [0.29, 0.717) is 5.41 Å². The Kier molecular flexibility index (Phi) is 3.30. The zero-order valence-corrected chi connectivity index (χ0v) is 14.5. The summed E-state index contributed by atoms with van der Waals surface area (Å²) in [6, 6.07) is 7.28. The molecule has 0 atom stereocenters. The molecule has 4 fully saturated rings. The molecule has 124 valence electrons. The zero-order chi connectivity index (χ0) is 16.1. The topological polar surface area (TPSA) is 45.5 Å². The van der Waals surface area contributed by atoms with Gasteiger partial charge in [0, 0.05) is 22.6 Å². The summed E-state index contributed by atoms with van der Waals surface area (Å²) in [6.07, 6.45) is 10.1. The van der Waals surface area contributed by atoms with Crippen molar-refractivity contribution in [2.45, 2.75) is 43.9 Å². The molecule has 4 bridgehead atoms. The highest BCUT2D eigenvalue weighted by Crippen LogP contribution is 2.60. The lowest BCUT2D eigenvalue weighted by Gasteiger charge is -2.56. The van der Waals surface area contributed by atoms with Crippen LogP contribution in [-0.4, -0.2) is 16.3 Å². The van der Waals surface area contributed by atoms with Gasteiger partial charge in [0.2, 0.25) is 5.13 Å². The van der Waals surface area contributed by atoms with Crippen molar-refractivity contribution in [1.29, 1.82) is 0 Å². The lowest BCUT2D eigenvalue weighted by Crippen LogP contribution is -2.48. The number of thiazole rings is 1. The molecule has 1 heterocycles. The van der Waals surface area contributed by atoms with Crippen LogP contribution in [0.15, 0.2) is 34.6 Å². The Balaban J connectivity index is 1.41. The lowest BCUT2D eigenvalue weighted by molar-refractivity contribution is -0.00688. The Bertz CT molecular complexity index is 759. The summed E-state index contributed by atoms with van der Waals surface area (Å²) in [5.74, 6) is 3.07. The first-order valence-electron chi connectivity index (χ1n) is 8.98. The Morgan fingerprint density at radius 1 is 1.08 bits per heavy atom. The van der Waals surface area contributed by atoms with Gasteiger partial charge < -0.3 is 5.11 Å². The first-order chi connectivity index (χ1) is 11.7. The van der Waals surface area contributed by atoms with Crippen molar-refractivity contribution in [2.24, 2.45) is 22.7 Å². The number of aromatic nitrogens is 1. The molecule has 0 spiro atoms. The lowest BCUT2D eigenvalue weighted by atomic mass is 9.49. The number of benzene rings is 1. The van der Waals surface area contributed by atoms with Gasteiger partial charge in [-0.05, 0) is 68.4 Å². The molecule has 3 nitrogen and oxygen atoms in total. The van der Waals surface area contributed by atoms with Gasteiger partial charge in [0.15, 0.2) is 0 Å². The second kappa shape index (κ2) is 5.41. The van der Waals surface area contributed by atoms with Gasteiger partial charge in [-0.2, -0.15) is 0 Å². The number of aliphatic imine (C=N–C) groups is 1. The van der Waals surface area contributed by atoms with Gasteiger partial charge in [0.1, 0.15) is 5.75 Å². The maximum Gasteiger partial charge on any atom is 0.209 e. The predicted octanol–water partition coefficient (Wildman–Crippen LogP) is 5.07. The molecule has 0 saturated heterocycles. The van der Waals surface area contributed by atoms with Crippen molar-refractivity contribution in [1.82, 2.24) is 4.98 Å². The van der Waals surface area contributed by atoms with E-state index in [1.54, 1.807) is 23.6 Å². The number of nitrogens with zero attached hydrogens (tertiary/aromatic N) is 2. The molecular weight excluding hydrogens is 316 g/mol. The normalized spacial score (nSPS) is 34.2. The molecule has 2 aromatic rings. The quantitative estimate of drug-likeness (QED) is 0.794. The molecule has 0 aliphatic heterocycles. The van der Waals surface area contributed by atoms with Crippen LogP contribution < -0.4 is 0 Å². The van der Waals surface area contributed by atoms with Crippen LogP contribution in [0.4, 0.5) is 5.13 Å². The number of para-hydroxylation sites is 1. The number of rotatable bonds is 3. The average molecular weight is 338 g/mol. The van der Waals surface area contributed by atoms with E-state index < -0.39 is 0 Å². The Morgan fingerprint density at radius 2 is 1.75 bits per heavy atom. The molecular formula is C20H22N2OS. The third-order valence-corrected chi connectivity index (χ3v) is 7.07. The summed E-state index contributed by atoms with van der Waals surface area (Å²) in [6.45, 7) is 0. The Hall–Kier alpha value is -1.68. The smallest absolute Gasteiger partial charge is 0.209 e. The number of phenols is 1. The molecule has 4 aliphatic rings. The molecule has 0 unspecified atom stereocenters. The van der Waals surface area contributed by atoms with Gasteiger partial charge in [-0.15, -0.1) is 11.3 Å². The van der Waals surface area contributed by atoms with Gasteiger partial charge in [0.25, 0.3) is 0 Å². The van der Waals surface area contributed by atoms with Gasteiger partial charge in [-0.3, -0.25) is 0 Å². The fourth-order valence-electron chi connectivity index (χ4n) is 5.71. The summed E-state index contributed by atoms with van der Waals surface area (Å²) >= 11 is 1.63. The summed E-state index contributed by atoms with van der Waals surface area (Å²) in [7, 11) is 0. The number of aromatic hydroxyl groups is 1. The van der Waals surface area contributed by atoms with E-state index >= 15 is 0 Å². The molecule has 24 heavy (non-hydrogen) atoms. The van der Waals surface area contributed by atoms with E-state index in [2.05, 4.69) is 10.4 Å². The summed E-state index contributed by atoms with van der Waals surface area (Å²) < 4.78 is 0. The van der Waals surface area contributed by atoms with E-state index in [9.17, 15) is 5.11 Å². The molecule has 1 aromatic heterocycles. The Labute approximate surface area is 146 Å². The SMILES string of the molecule is Oc1ccccc1/C=N/c1nc(C23CC4CC(CC(C4)C2)C3)cs1. The fraction of sp³-hybridized carbons (Fsp3) is 0.500. The third-order valence-electron chi connectivity index (χ3n) is 6.32. The first kappa shape index (κ1) is 14.6. The number of hydrogen-bond donors (Lipinski definition) is 1. The maximum atomic E-state index is 9.84. The minimum atomic E-state index is 0.263. The summed E-state index contributed by atoms with van der Waals surface area (Å²) in [4.78, 5) is 9.39. The van der Waals surface area contributed by atoms with Crippen molar-refractivity contribution >= 4 is 22.7 Å². The zero-order valence-electron chi connectivity index (χ0n) is 13.7. The monoisotopic (exact) mass is 338 g/mol. The molecule has 1 N–H and O–H groups in total. The second-order valence-electron chi connectivity index (χ2n) is 8.03. The van der Waals surface area contributed by atoms with Crippen LogP contribution in [0.3, 0.4) is 0 Å². The van der Waals surface area contributed by atoms with Crippen molar-refractivity contribution in [3.8, 4) is 5.75 Å². The van der Waals surface area contributed by atoms with Crippen LogP contribution in [0.1, 0.15) is 49.8 Å². The van der Waals surface area contributed by atoms with Crippen LogP contribution in [0.25, 0.3) is 0 Å². The molecule has 4 heteroatoms. The highest BCUT2D eigenvalue weighted by atomic mass is 32.1. The fourth-order valence-corrected chi connectivity index (χ4v) is 6.50. The summed E-state index contributed by atoms with van der Waals surface area (Å²) in [5.41, 5.74) is 2.37. The van der Waals surface area contributed by atoms with Gasteiger partial charge in [0.05, 0.1) is 5.69 Å².